The van der Waals surface area contributed by atoms with E-state index in [0.29, 0.717) is 17.9 Å². The molecule has 0 bridgehead atoms. The monoisotopic (exact) mass is 369 g/mol. The molecule has 0 aliphatic heterocycles. The number of thiocarbonyl (C=S) groups is 1. The van der Waals surface area contributed by atoms with Gasteiger partial charge in [-0.05, 0) is 61.0 Å². The van der Waals surface area contributed by atoms with E-state index < -0.39 is 0 Å². The second-order valence-electron chi connectivity index (χ2n) is 6.45. The average Bonchev–Trinajstić information content (AvgIpc) is 2.56. The molecule has 0 heterocycles. The molecule has 0 spiro atoms. The first-order valence-electron chi connectivity index (χ1n) is 8.43. The van der Waals surface area contributed by atoms with Crippen LogP contribution >= 0.6 is 12.2 Å². The van der Waals surface area contributed by atoms with E-state index in [0.717, 1.165) is 16.9 Å². The zero-order chi connectivity index (χ0) is 19.1. The lowest BCUT2D eigenvalue weighted by molar-refractivity contribution is -0.116. The summed E-state index contributed by atoms with van der Waals surface area (Å²) in [5.74, 6) is 0.0464. The van der Waals surface area contributed by atoms with Crippen molar-refractivity contribution >= 4 is 40.5 Å². The number of carbonyl (C=O) groups excluding carboxylic acids is 2. The largest absolute Gasteiger partial charge is 0.332 e. The third-order valence-corrected chi connectivity index (χ3v) is 3.84. The fourth-order valence-electron chi connectivity index (χ4n) is 2.38. The molecule has 0 aromatic heterocycles. The van der Waals surface area contributed by atoms with Gasteiger partial charge in [0.1, 0.15) is 0 Å². The Morgan fingerprint density at radius 2 is 1.54 bits per heavy atom. The van der Waals surface area contributed by atoms with Crippen molar-refractivity contribution in [3.8, 4) is 0 Å². The zero-order valence-corrected chi connectivity index (χ0v) is 15.9. The van der Waals surface area contributed by atoms with Crippen LogP contribution in [0.25, 0.3) is 0 Å². The van der Waals surface area contributed by atoms with Crippen LogP contribution in [0.1, 0.15) is 36.2 Å². The summed E-state index contributed by atoms with van der Waals surface area (Å²) in [6.45, 7) is 5.87. The standard InChI is InChI=1S/C20H23N3O2S/c1-13(2)12-18(24)21-15-8-10-16(11-9-15)22-20(26)23-19(25)17-7-5-4-6-14(17)3/h4-11,13H,12H2,1-3H3,(H,21,24)(H2,22,23,25,26). The highest BCUT2D eigenvalue weighted by molar-refractivity contribution is 7.80. The van der Waals surface area contributed by atoms with E-state index >= 15 is 0 Å². The molecule has 0 aliphatic carbocycles. The second-order valence-corrected chi connectivity index (χ2v) is 6.85. The van der Waals surface area contributed by atoms with E-state index in [1.54, 1.807) is 30.3 Å². The smallest absolute Gasteiger partial charge is 0.257 e. The van der Waals surface area contributed by atoms with Crippen molar-refractivity contribution < 1.29 is 9.59 Å². The number of hydrogen-bond acceptors (Lipinski definition) is 3. The van der Waals surface area contributed by atoms with Crippen molar-refractivity contribution in [2.24, 2.45) is 5.92 Å². The summed E-state index contributed by atoms with van der Waals surface area (Å²) in [7, 11) is 0. The predicted octanol–water partition coefficient (Wildman–Crippen LogP) is 4.11. The summed E-state index contributed by atoms with van der Waals surface area (Å²) in [6.07, 6.45) is 0.481. The lowest BCUT2D eigenvalue weighted by Crippen LogP contribution is -2.34. The van der Waals surface area contributed by atoms with Crippen molar-refractivity contribution in [3.63, 3.8) is 0 Å². The van der Waals surface area contributed by atoms with E-state index in [1.807, 2.05) is 39.0 Å². The molecule has 2 aromatic rings. The van der Waals surface area contributed by atoms with E-state index in [4.69, 9.17) is 12.2 Å². The SMILES string of the molecule is Cc1ccccc1C(=O)NC(=S)Nc1ccc(NC(=O)CC(C)C)cc1. The number of hydrogen-bond donors (Lipinski definition) is 3. The minimum atomic E-state index is -0.252. The van der Waals surface area contributed by atoms with Crippen molar-refractivity contribution in [1.82, 2.24) is 5.32 Å². The molecule has 6 heteroatoms. The van der Waals surface area contributed by atoms with Crippen molar-refractivity contribution in [2.75, 3.05) is 10.6 Å². The Bertz CT molecular complexity index is 801. The fraction of sp³-hybridized carbons (Fsp3) is 0.250. The third-order valence-electron chi connectivity index (χ3n) is 3.64. The number of aryl methyl sites for hydroxylation is 1. The average molecular weight is 369 g/mol. The van der Waals surface area contributed by atoms with Crippen molar-refractivity contribution in [3.05, 3.63) is 59.7 Å². The number of rotatable bonds is 5. The molecule has 0 saturated carbocycles. The molecule has 136 valence electrons. The molecule has 2 amide bonds. The van der Waals surface area contributed by atoms with Gasteiger partial charge in [-0.1, -0.05) is 32.0 Å². The number of amides is 2. The Kier molecular flexibility index (Phi) is 6.86. The first-order chi connectivity index (χ1) is 12.3. The van der Waals surface area contributed by atoms with Gasteiger partial charge in [0, 0.05) is 23.4 Å². The van der Waals surface area contributed by atoms with Crippen LogP contribution in [0.2, 0.25) is 0 Å². The summed E-state index contributed by atoms with van der Waals surface area (Å²) in [5, 5.41) is 8.69. The third kappa shape index (κ3) is 5.97. The van der Waals surface area contributed by atoms with Crippen molar-refractivity contribution in [1.29, 1.82) is 0 Å². The normalized spacial score (nSPS) is 10.3. The second kappa shape index (κ2) is 9.10. The van der Waals surface area contributed by atoms with Gasteiger partial charge >= 0.3 is 0 Å². The van der Waals surface area contributed by atoms with Gasteiger partial charge in [0.05, 0.1) is 0 Å². The molecule has 2 aromatic carbocycles. The summed E-state index contributed by atoms with van der Waals surface area (Å²) in [5.41, 5.74) is 2.91. The van der Waals surface area contributed by atoms with Crippen LogP contribution < -0.4 is 16.0 Å². The van der Waals surface area contributed by atoms with Crippen LogP contribution in [0.5, 0.6) is 0 Å². The Morgan fingerprint density at radius 1 is 0.962 bits per heavy atom. The highest BCUT2D eigenvalue weighted by Gasteiger charge is 2.10. The first kappa shape index (κ1) is 19.6. The highest BCUT2D eigenvalue weighted by atomic mass is 32.1. The van der Waals surface area contributed by atoms with E-state index in [2.05, 4.69) is 16.0 Å². The van der Waals surface area contributed by atoms with Crippen LogP contribution in [-0.4, -0.2) is 16.9 Å². The van der Waals surface area contributed by atoms with E-state index in [9.17, 15) is 9.59 Å². The predicted molar refractivity (Wildman–Crippen MR) is 109 cm³/mol. The molecular formula is C20H23N3O2S. The maximum absolute atomic E-state index is 12.2. The summed E-state index contributed by atoms with van der Waals surface area (Å²) >= 11 is 5.19. The molecule has 0 radical (unpaired) electrons. The highest BCUT2D eigenvalue weighted by Crippen LogP contribution is 2.15. The van der Waals surface area contributed by atoms with Crippen LogP contribution in [0.3, 0.4) is 0 Å². The summed E-state index contributed by atoms with van der Waals surface area (Å²) in [6, 6.07) is 14.5. The van der Waals surface area contributed by atoms with Gasteiger partial charge in [-0.3, -0.25) is 14.9 Å². The number of anilines is 2. The Hall–Kier alpha value is -2.73. The Morgan fingerprint density at radius 3 is 2.12 bits per heavy atom. The lowest BCUT2D eigenvalue weighted by atomic mass is 10.1. The Balaban J connectivity index is 1.90. The number of benzene rings is 2. The summed E-state index contributed by atoms with van der Waals surface area (Å²) < 4.78 is 0. The molecule has 0 unspecified atom stereocenters. The molecule has 0 aliphatic rings. The molecule has 3 N–H and O–H groups in total. The molecule has 2 rings (SSSR count). The van der Waals surface area contributed by atoms with Gasteiger partial charge < -0.3 is 10.6 Å². The van der Waals surface area contributed by atoms with Gasteiger partial charge in [0.25, 0.3) is 5.91 Å². The topological polar surface area (TPSA) is 70.2 Å². The molecule has 5 nitrogen and oxygen atoms in total. The minimum Gasteiger partial charge on any atom is -0.332 e. The van der Waals surface area contributed by atoms with E-state index in [1.165, 1.54) is 0 Å². The van der Waals surface area contributed by atoms with Crippen molar-refractivity contribution in [2.45, 2.75) is 27.2 Å². The first-order valence-corrected chi connectivity index (χ1v) is 8.84. The van der Waals surface area contributed by atoms with Gasteiger partial charge in [-0.2, -0.15) is 0 Å². The number of carbonyl (C=O) groups is 2. The van der Waals surface area contributed by atoms with Gasteiger partial charge in [-0.15, -0.1) is 0 Å². The quantitative estimate of drug-likeness (QED) is 0.694. The van der Waals surface area contributed by atoms with Crippen LogP contribution in [0.15, 0.2) is 48.5 Å². The minimum absolute atomic E-state index is 0.0123. The molecule has 0 saturated heterocycles. The summed E-state index contributed by atoms with van der Waals surface area (Å²) in [4.78, 5) is 24.0. The molecule has 26 heavy (non-hydrogen) atoms. The zero-order valence-electron chi connectivity index (χ0n) is 15.1. The Labute approximate surface area is 159 Å². The van der Waals surface area contributed by atoms with Gasteiger partial charge in [0.2, 0.25) is 5.91 Å². The molecular weight excluding hydrogens is 346 g/mol. The van der Waals surface area contributed by atoms with Gasteiger partial charge in [-0.25, -0.2) is 0 Å². The van der Waals surface area contributed by atoms with Gasteiger partial charge in [0.15, 0.2) is 5.11 Å². The van der Waals surface area contributed by atoms with E-state index in [-0.39, 0.29) is 16.9 Å². The molecule has 0 atom stereocenters. The fourth-order valence-corrected chi connectivity index (χ4v) is 2.59. The maximum atomic E-state index is 12.2. The van der Waals surface area contributed by atoms with Crippen LogP contribution in [-0.2, 0) is 4.79 Å². The number of nitrogens with one attached hydrogen (secondary N) is 3. The van der Waals surface area contributed by atoms with Crippen LogP contribution in [0.4, 0.5) is 11.4 Å². The maximum Gasteiger partial charge on any atom is 0.257 e. The lowest BCUT2D eigenvalue weighted by Gasteiger charge is -2.12. The molecule has 0 fully saturated rings. The van der Waals surface area contributed by atoms with Crippen LogP contribution in [0, 0.1) is 12.8 Å².